The van der Waals surface area contributed by atoms with Crippen LogP contribution in [0.1, 0.15) is 71.6 Å². The number of nitrogens with one attached hydrogen (secondary N) is 2. The molecule has 36 heavy (non-hydrogen) atoms. The first-order valence-electron chi connectivity index (χ1n) is 13.5. The van der Waals surface area contributed by atoms with Gasteiger partial charge in [0.1, 0.15) is 11.6 Å². The van der Waals surface area contributed by atoms with E-state index < -0.39 is 21.6 Å². The fraction of sp³-hybridized carbons (Fsp3) is 0.880. The summed E-state index contributed by atoms with van der Waals surface area (Å²) in [7, 11) is -3.69. The molecular weight excluding hydrogens is 480 g/mol. The predicted octanol–water partition coefficient (Wildman–Crippen LogP) is 1.84. The first kappa shape index (κ1) is 28.7. The standard InChI is InChI=1S/C25H44N6O4S/c1-4-21(5-2)31-12-11-25(18-26,19-31)28-23(32)22(17-20-9-7-6-8-10-20)27-24(29-36(3,33)34)30-13-15-35-16-14-30/h20-22H,4-17,19H2,1-3H3,(H,27,29)(H,28,32). The van der Waals surface area contributed by atoms with Gasteiger partial charge in [0.25, 0.3) is 10.0 Å². The quantitative estimate of drug-likeness (QED) is 0.346. The molecule has 3 aliphatic rings. The summed E-state index contributed by atoms with van der Waals surface area (Å²) in [4.78, 5) is 17.9. The maximum atomic E-state index is 13.7. The molecule has 2 heterocycles. The van der Waals surface area contributed by atoms with Gasteiger partial charge in [0.15, 0.2) is 0 Å². The summed E-state index contributed by atoms with van der Waals surface area (Å²) in [6, 6.07) is 2.12. The summed E-state index contributed by atoms with van der Waals surface area (Å²) in [5.74, 6) is 0.296. The molecule has 0 radical (unpaired) electrons. The summed E-state index contributed by atoms with van der Waals surface area (Å²) in [5, 5.41) is 16.4. The highest BCUT2D eigenvalue weighted by atomic mass is 32.2. The second-order valence-corrected chi connectivity index (χ2v) is 12.2. The number of sulfonamides is 1. The van der Waals surface area contributed by atoms with Crippen molar-refractivity contribution in [1.82, 2.24) is 20.4 Å². The molecule has 1 aliphatic carbocycles. The molecule has 11 heteroatoms. The van der Waals surface area contributed by atoms with E-state index in [4.69, 9.17) is 4.74 Å². The third kappa shape index (κ3) is 8.05. The van der Waals surface area contributed by atoms with E-state index in [1.807, 2.05) is 4.90 Å². The van der Waals surface area contributed by atoms with Crippen molar-refractivity contribution in [2.24, 2.45) is 10.3 Å². The zero-order valence-corrected chi connectivity index (χ0v) is 23.0. The number of nitrogens with zero attached hydrogens (tertiary/aromatic N) is 4. The normalized spacial score (nSPS) is 25.5. The maximum absolute atomic E-state index is 13.7. The van der Waals surface area contributed by atoms with Crippen LogP contribution in [0.25, 0.3) is 0 Å². The minimum atomic E-state index is -3.69. The molecule has 0 aromatic carbocycles. The molecule has 3 fully saturated rings. The largest absolute Gasteiger partial charge is 0.378 e. The smallest absolute Gasteiger partial charge is 0.253 e. The summed E-state index contributed by atoms with van der Waals surface area (Å²) in [6.45, 7) is 7.49. The van der Waals surface area contributed by atoms with Crippen molar-refractivity contribution >= 4 is 21.9 Å². The molecule has 2 unspecified atom stereocenters. The molecule has 1 amide bonds. The van der Waals surface area contributed by atoms with E-state index in [1.165, 1.54) is 6.42 Å². The van der Waals surface area contributed by atoms with Gasteiger partial charge in [-0.1, -0.05) is 46.0 Å². The number of rotatable bonds is 9. The van der Waals surface area contributed by atoms with E-state index in [2.05, 4.69) is 39.8 Å². The van der Waals surface area contributed by atoms with Gasteiger partial charge < -0.3 is 20.3 Å². The van der Waals surface area contributed by atoms with E-state index in [0.29, 0.717) is 57.6 Å². The Hall–Kier alpha value is -1.90. The Morgan fingerprint density at radius 3 is 2.42 bits per heavy atom. The topological polar surface area (TPSA) is 127 Å². The number of amides is 1. The molecule has 0 aromatic rings. The van der Waals surface area contributed by atoms with Gasteiger partial charge in [0.05, 0.1) is 25.5 Å². The van der Waals surface area contributed by atoms with Gasteiger partial charge in [-0.05, 0) is 31.6 Å². The first-order chi connectivity index (χ1) is 17.2. The van der Waals surface area contributed by atoms with Crippen LogP contribution < -0.4 is 10.6 Å². The average Bonchev–Trinajstić information content (AvgIpc) is 3.28. The lowest BCUT2D eigenvalue weighted by Crippen LogP contribution is -2.59. The number of ether oxygens (including phenoxy) is 1. The molecule has 2 saturated heterocycles. The van der Waals surface area contributed by atoms with Gasteiger partial charge >= 0.3 is 0 Å². The third-order valence-electron chi connectivity index (χ3n) is 7.81. The molecule has 0 spiro atoms. The first-order valence-corrected chi connectivity index (χ1v) is 15.4. The Morgan fingerprint density at radius 1 is 1.17 bits per heavy atom. The molecule has 204 valence electrons. The fourth-order valence-electron chi connectivity index (χ4n) is 5.75. The summed E-state index contributed by atoms with van der Waals surface area (Å²) < 4.78 is 33.6. The van der Waals surface area contributed by atoms with Gasteiger partial charge in [0, 0.05) is 32.2 Å². The molecule has 2 atom stereocenters. The number of morpholine rings is 1. The number of carbonyl (C=O) groups is 1. The zero-order chi connectivity index (χ0) is 26.2. The lowest BCUT2D eigenvalue weighted by molar-refractivity contribution is -0.124. The number of nitriles is 1. The van der Waals surface area contributed by atoms with E-state index >= 15 is 0 Å². The van der Waals surface area contributed by atoms with Gasteiger partial charge in [-0.25, -0.2) is 8.42 Å². The third-order valence-corrected chi connectivity index (χ3v) is 8.32. The Balaban J connectivity index is 1.81. The minimum Gasteiger partial charge on any atom is -0.378 e. The van der Waals surface area contributed by atoms with Crippen LogP contribution in [0.4, 0.5) is 0 Å². The van der Waals surface area contributed by atoms with Gasteiger partial charge in [-0.2, -0.15) is 5.26 Å². The van der Waals surface area contributed by atoms with Crippen molar-refractivity contribution in [3.8, 4) is 6.07 Å². The van der Waals surface area contributed by atoms with E-state index in [9.17, 15) is 18.5 Å². The number of hydrogen-bond donors (Lipinski definition) is 2. The molecule has 0 aromatic heterocycles. The molecule has 0 bridgehead atoms. The van der Waals surface area contributed by atoms with Crippen LogP contribution in [0.5, 0.6) is 0 Å². The average molecular weight is 525 g/mol. The molecule has 3 rings (SSSR count). The Morgan fingerprint density at radius 2 is 1.83 bits per heavy atom. The number of hydrogen-bond acceptors (Lipinski definition) is 6. The highest BCUT2D eigenvalue weighted by molar-refractivity contribution is 7.89. The second-order valence-electron chi connectivity index (χ2n) is 10.6. The Kier molecular flexibility index (Phi) is 10.4. The van der Waals surface area contributed by atoms with E-state index in [0.717, 1.165) is 51.3 Å². The number of carbonyl (C=O) groups excluding carboxylic acids is 1. The van der Waals surface area contributed by atoms with Crippen molar-refractivity contribution in [1.29, 1.82) is 5.26 Å². The molecule has 1 saturated carbocycles. The van der Waals surface area contributed by atoms with Crippen LogP contribution in [0.15, 0.2) is 4.40 Å². The van der Waals surface area contributed by atoms with Crippen LogP contribution in [0, 0.1) is 17.2 Å². The van der Waals surface area contributed by atoms with Crippen LogP contribution in [0.2, 0.25) is 0 Å². The van der Waals surface area contributed by atoms with Crippen molar-refractivity contribution in [2.45, 2.75) is 89.3 Å². The Labute approximate surface area is 216 Å². The van der Waals surface area contributed by atoms with E-state index in [-0.39, 0.29) is 11.9 Å². The van der Waals surface area contributed by atoms with Crippen molar-refractivity contribution in [2.75, 3.05) is 45.6 Å². The van der Waals surface area contributed by atoms with E-state index in [1.54, 1.807) is 0 Å². The number of guanidine groups is 1. The highest BCUT2D eigenvalue weighted by Crippen LogP contribution is 2.29. The van der Waals surface area contributed by atoms with Gasteiger partial charge in [-0.15, -0.1) is 4.40 Å². The summed E-state index contributed by atoms with van der Waals surface area (Å²) in [5.41, 5.74) is -0.945. The zero-order valence-electron chi connectivity index (χ0n) is 22.2. The van der Waals surface area contributed by atoms with Crippen molar-refractivity contribution in [3.05, 3.63) is 0 Å². The summed E-state index contributed by atoms with van der Waals surface area (Å²) in [6.07, 6.45) is 9.80. The molecule has 2 N–H and O–H groups in total. The Bertz CT molecular complexity index is 904. The maximum Gasteiger partial charge on any atom is 0.253 e. The minimum absolute atomic E-state index is 0.188. The summed E-state index contributed by atoms with van der Waals surface area (Å²) >= 11 is 0. The lowest BCUT2D eigenvalue weighted by Gasteiger charge is -2.34. The van der Waals surface area contributed by atoms with Crippen LogP contribution in [-0.2, 0) is 19.6 Å². The second kappa shape index (κ2) is 13.1. The number of likely N-dealkylation sites (tertiary alicyclic amines) is 1. The molecule has 10 nitrogen and oxygen atoms in total. The van der Waals surface area contributed by atoms with Crippen molar-refractivity contribution in [3.63, 3.8) is 0 Å². The highest BCUT2D eigenvalue weighted by Gasteiger charge is 2.43. The lowest BCUT2D eigenvalue weighted by atomic mass is 9.84. The predicted molar refractivity (Wildman–Crippen MR) is 140 cm³/mol. The van der Waals surface area contributed by atoms with Crippen LogP contribution >= 0.6 is 0 Å². The monoisotopic (exact) mass is 524 g/mol. The molecule has 2 aliphatic heterocycles. The van der Waals surface area contributed by atoms with Crippen LogP contribution in [-0.4, -0.2) is 93.4 Å². The molecular formula is C25H44N6O4S. The van der Waals surface area contributed by atoms with Crippen molar-refractivity contribution < 1.29 is 17.9 Å². The van der Waals surface area contributed by atoms with Gasteiger partial charge in [0.2, 0.25) is 11.9 Å². The van der Waals surface area contributed by atoms with Gasteiger partial charge in [-0.3, -0.25) is 9.69 Å². The fourth-order valence-corrected chi connectivity index (χ4v) is 6.23. The van der Waals surface area contributed by atoms with Crippen LogP contribution in [0.3, 0.4) is 0 Å². The SMILES string of the molecule is CCC(CC)N1CCC(C#N)(NC(=O)C(CC2CCCCC2)N/C(=N/S(C)(=O)=O)N2CCOCC2)C1.